The Hall–Kier alpha value is -3.59. The van der Waals surface area contributed by atoms with Crippen LogP contribution in [0.4, 0.5) is 0 Å². The van der Waals surface area contributed by atoms with Gasteiger partial charge < -0.3 is 19.2 Å². The second-order valence-electron chi connectivity index (χ2n) is 8.08. The summed E-state index contributed by atoms with van der Waals surface area (Å²) in [5.74, 6) is 0. The second-order valence-corrected chi connectivity index (χ2v) is 8.48. The molecule has 0 aliphatic carbocycles. The first-order valence-corrected chi connectivity index (χ1v) is 11.6. The molecule has 5 rings (SSSR count). The van der Waals surface area contributed by atoms with E-state index in [0.717, 1.165) is 29.7 Å². The standard InChI is InChI=1S/C26H24ClN5O3/c1-3-18(32-7-10-34-11-8-32)13-22-16(2)23(30-15-29-22)17-4-5-20(27)19(12-17)25(33)24-26-21(6-9-35-26)28-14-31-24/h3-6,9,12-15,25,33H,2,7-8,10-11H2,1H3/b18-3+,22-13+. The Kier molecular flexibility index (Phi) is 6.59. The number of furan rings is 1. The summed E-state index contributed by atoms with van der Waals surface area (Å²) in [7, 11) is 0. The van der Waals surface area contributed by atoms with Crippen molar-refractivity contribution in [1.82, 2.24) is 24.8 Å². The molecular formula is C26H24ClN5O3. The zero-order chi connectivity index (χ0) is 24.4. The predicted octanol–water partition coefficient (Wildman–Crippen LogP) is 2.84. The SMILES string of the molecule is C=c1c(-c2ccc(Cl)c(C(O)c3ncnc4ccoc34)c2)ncn/c1=C/C(=C\C)N1CCOCC1. The highest BCUT2D eigenvalue weighted by atomic mass is 35.5. The van der Waals surface area contributed by atoms with Crippen molar-refractivity contribution >= 4 is 35.4 Å². The highest BCUT2D eigenvalue weighted by Gasteiger charge is 2.21. The van der Waals surface area contributed by atoms with Gasteiger partial charge in [0.2, 0.25) is 0 Å². The average molecular weight is 490 g/mol. The summed E-state index contributed by atoms with van der Waals surface area (Å²) in [4.78, 5) is 19.6. The van der Waals surface area contributed by atoms with Crippen molar-refractivity contribution in [2.45, 2.75) is 13.0 Å². The highest BCUT2D eigenvalue weighted by Crippen LogP contribution is 2.33. The average Bonchev–Trinajstić information content (AvgIpc) is 3.38. The maximum Gasteiger partial charge on any atom is 0.176 e. The summed E-state index contributed by atoms with van der Waals surface area (Å²) < 4.78 is 11.0. The van der Waals surface area contributed by atoms with Crippen LogP contribution in [0.5, 0.6) is 0 Å². The van der Waals surface area contributed by atoms with Gasteiger partial charge in [0.05, 0.1) is 30.5 Å². The zero-order valence-corrected chi connectivity index (χ0v) is 19.9. The van der Waals surface area contributed by atoms with Crippen molar-refractivity contribution in [2.24, 2.45) is 0 Å². The fraction of sp³-hybridized carbons (Fsp3) is 0.231. The van der Waals surface area contributed by atoms with Crippen LogP contribution in [0.2, 0.25) is 5.02 Å². The van der Waals surface area contributed by atoms with Crippen molar-refractivity contribution in [3.63, 3.8) is 0 Å². The Morgan fingerprint density at radius 3 is 2.74 bits per heavy atom. The first-order valence-electron chi connectivity index (χ1n) is 11.2. The predicted molar refractivity (Wildman–Crippen MR) is 134 cm³/mol. The molecule has 1 aliphatic rings. The Labute approximate surface area is 206 Å². The Morgan fingerprint density at radius 2 is 1.94 bits per heavy atom. The molecule has 3 aromatic heterocycles. The van der Waals surface area contributed by atoms with E-state index in [-0.39, 0.29) is 0 Å². The molecule has 1 unspecified atom stereocenters. The quantitative estimate of drug-likeness (QED) is 0.457. The number of benzene rings is 1. The number of aliphatic hydroxyl groups is 1. The number of fused-ring (bicyclic) bond motifs is 1. The van der Waals surface area contributed by atoms with Gasteiger partial charge in [0.1, 0.15) is 30.0 Å². The van der Waals surface area contributed by atoms with Gasteiger partial charge >= 0.3 is 0 Å². The van der Waals surface area contributed by atoms with Gasteiger partial charge in [-0.1, -0.05) is 30.3 Å². The lowest BCUT2D eigenvalue weighted by atomic mass is 10.0. The first kappa shape index (κ1) is 23.2. The maximum atomic E-state index is 11.2. The van der Waals surface area contributed by atoms with Crippen LogP contribution >= 0.6 is 11.6 Å². The molecule has 1 aromatic carbocycles. The van der Waals surface area contributed by atoms with E-state index < -0.39 is 6.10 Å². The molecule has 4 heterocycles. The summed E-state index contributed by atoms with van der Waals surface area (Å²) >= 11 is 6.49. The molecule has 1 N–H and O–H groups in total. The molecule has 0 spiro atoms. The molecule has 1 saturated heterocycles. The molecule has 0 radical (unpaired) electrons. The molecular weight excluding hydrogens is 466 g/mol. The van der Waals surface area contributed by atoms with Crippen LogP contribution in [-0.2, 0) is 4.74 Å². The Balaban J connectivity index is 1.55. The van der Waals surface area contributed by atoms with E-state index in [4.69, 9.17) is 20.8 Å². The van der Waals surface area contributed by atoms with Gasteiger partial charge in [0, 0.05) is 46.2 Å². The number of halogens is 1. The van der Waals surface area contributed by atoms with Gasteiger partial charge in [0.15, 0.2) is 5.58 Å². The topological polar surface area (TPSA) is 97.4 Å². The summed E-state index contributed by atoms with van der Waals surface area (Å²) in [6, 6.07) is 7.09. The minimum absolute atomic E-state index is 0.342. The molecule has 0 bridgehead atoms. The molecule has 1 aliphatic heterocycles. The number of rotatable bonds is 5. The molecule has 35 heavy (non-hydrogen) atoms. The van der Waals surface area contributed by atoms with Crippen LogP contribution in [0.25, 0.3) is 35.0 Å². The lowest BCUT2D eigenvalue weighted by Crippen LogP contribution is -2.37. The number of nitrogens with zero attached hydrogens (tertiary/aromatic N) is 5. The van der Waals surface area contributed by atoms with Crippen molar-refractivity contribution < 1.29 is 14.3 Å². The smallest absolute Gasteiger partial charge is 0.176 e. The Morgan fingerprint density at radius 1 is 1.14 bits per heavy atom. The van der Waals surface area contributed by atoms with Crippen LogP contribution in [0.3, 0.4) is 0 Å². The van der Waals surface area contributed by atoms with E-state index in [1.54, 1.807) is 18.2 Å². The number of hydrogen-bond donors (Lipinski definition) is 1. The van der Waals surface area contributed by atoms with Crippen LogP contribution in [0.15, 0.2) is 59.4 Å². The zero-order valence-electron chi connectivity index (χ0n) is 19.2. The molecule has 4 aromatic rings. The third-order valence-electron chi connectivity index (χ3n) is 6.03. The van der Waals surface area contributed by atoms with Gasteiger partial charge in [-0.25, -0.2) is 19.9 Å². The highest BCUT2D eigenvalue weighted by molar-refractivity contribution is 6.31. The minimum Gasteiger partial charge on any atom is -0.461 e. The van der Waals surface area contributed by atoms with Crippen molar-refractivity contribution in [2.75, 3.05) is 26.3 Å². The van der Waals surface area contributed by atoms with Crippen molar-refractivity contribution in [3.05, 3.63) is 81.8 Å². The van der Waals surface area contributed by atoms with E-state index in [1.807, 2.05) is 19.1 Å². The van der Waals surface area contributed by atoms with Crippen LogP contribution in [0, 0.1) is 0 Å². The first-order chi connectivity index (χ1) is 17.1. The summed E-state index contributed by atoms with van der Waals surface area (Å²) in [5, 5.41) is 13.0. The van der Waals surface area contributed by atoms with Crippen molar-refractivity contribution in [1.29, 1.82) is 0 Å². The molecule has 9 heteroatoms. The van der Waals surface area contributed by atoms with Gasteiger partial charge in [-0.2, -0.15) is 0 Å². The summed E-state index contributed by atoms with van der Waals surface area (Å²) in [5.41, 5.74) is 4.31. The summed E-state index contributed by atoms with van der Waals surface area (Å²) in [6.45, 7) is 9.31. The number of morpholine rings is 1. The largest absolute Gasteiger partial charge is 0.461 e. The lowest BCUT2D eigenvalue weighted by Gasteiger charge is -2.29. The third-order valence-corrected chi connectivity index (χ3v) is 6.37. The van der Waals surface area contributed by atoms with E-state index in [2.05, 4.69) is 37.5 Å². The van der Waals surface area contributed by atoms with Crippen molar-refractivity contribution in [3.8, 4) is 11.3 Å². The van der Waals surface area contributed by atoms with Crippen LogP contribution in [0.1, 0.15) is 24.3 Å². The third kappa shape index (κ3) is 4.55. The van der Waals surface area contributed by atoms with Gasteiger partial charge in [-0.05, 0) is 25.1 Å². The van der Waals surface area contributed by atoms with E-state index in [0.29, 0.717) is 51.5 Å². The van der Waals surface area contributed by atoms with Crippen LogP contribution < -0.4 is 10.6 Å². The number of aromatic nitrogens is 4. The van der Waals surface area contributed by atoms with Gasteiger partial charge in [-0.15, -0.1) is 0 Å². The maximum absolute atomic E-state index is 11.2. The molecule has 178 valence electrons. The molecule has 0 saturated carbocycles. The summed E-state index contributed by atoms with van der Waals surface area (Å²) in [6.07, 6.45) is 7.37. The minimum atomic E-state index is -1.11. The molecule has 1 fully saturated rings. The molecule has 8 nitrogen and oxygen atoms in total. The fourth-order valence-electron chi connectivity index (χ4n) is 4.17. The Bertz CT molecular complexity index is 1510. The van der Waals surface area contributed by atoms with Gasteiger partial charge in [-0.3, -0.25) is 0 Å². The van der Waals surface area contributed by atoms with E-state index in [9.17, 15) is 5.11 Å². The number of aliphatic hydroxyl groups excluding tert-OH is 1. The van der Waals surface area contributed by atoms with E-state index in [1.165, 1.54) is 18.9 Å². The van der Waals surface area contributed by atoms with E-state index >= 15 is 0 Å². The monoisotopic (exact) mass is 489 g/mol. The van der Waals surface area contributed by atoms with Crippen LogP contribution in [-0.4, -0.2) is 56.2 Å². The number of ether oxygens (including phenoxy) is 1. The normalized spacial score (nSPS) is 16.1. The van der Waals surface area contributed by atoms with Gasteiger partial charge in [0.25, 0.3) is 0 Å². The fourth-order valence-corrected chi connectivity index (χ4v) is 4.39. The number of allylic oxidation sites excluding steroid dienone is 2. The molecule has 0 amide bonds. The lowest BCUT2D eigenvalue weighted by molar-refractivity contribution is 0.0561. The second kappa shape index (κ2) is 9.95. The number of hydrogen-bond acceptors (Lipinski definition) is 8. The molecule has 1 atom stereocenters.